The lowest BCUT2D eigenvalue weighted by atomic mass is 10.0. The van der Waals surface area contributed by atoms with Gasteiger partial charge in [0.25, 0.3) is 0 Å². The molecule has 0 aliphatic heterocycles. The summed E-state index contributed by atoms with van der Waals surface area (Å²) in [4.78, 5) is 5.32. The maximum atomic E-state index is 5.75. The summed E-state index contributed by atoms with van der Waals surface area (Å²) in [5, 5.41) is 0. The summed E-state index contributed by atoms with van der Waals surface area (Å²) in [5.74, 6) is 0.530. The van der Waals surface area contributed by atoms with E-state index in [4.69, 9.17) is 5.73 Å². The van der Waals surface area contributed by atoms with Gasteiger partial charge in [-0.15, -0.1) is 12.6 Å². The van der Waals surface area contributed by atoms with Crippen LogP contribution in [0.3, 0.4) is 0 Å². The molecular formula is C17H14N2S. The Balaban J connectivity index is 2.09. The first-order valence-corrected chi connectivity index (χ1v) is 6.80. The van der Waals surface area contributed by atoms with E-state index in [0.29, 0.717) is 5.82 Å². The molecule has 2 N–H and O–H groups in total. The van der Waals surface area contributed by atoms with E-state index in [1.807, 2.05) is 42.5 Å². The number of aromatic nitrogens is 1. The van der Waals surface area contributed by atoms with Gasteiger partial charge in [-0.2, -0.15) is 0 Å². The summed E-state index contributed by atoms with van der Waals surface area (Å²) in [5.41, 5.74) is 9.91. The van der Waals surface area contributed by atoms with Crippen LogP contribution in [0, 0.1) is 0 Å². The number of nitrogens with zero attached hydrogens (tertiary/aromatic N) is 1. The van der Waals surface area contributed by atoms with Gasteiger partial charge in [-0.05, 0) is 35.4 Å². The number of hydrogen-bond donors (Lipinski definition) is 2. The predicted molar refractivity (Wildman–Crippen MR) is 86.8 cm³/mol. The second kappa shape index (κ2) is 5.39. The van der Waals surface area contributed by atoms with Crippen molar-refractivity contribution in [3.8, 4) is 22.4 Å². The van der Waals surface area contributed by atoms with Crippen molar-refractivity contribution in [2.45, 2.75) is 4.90 Å². The Morgan fingerprint density at radius 2 is 1.55 bits per heavy atom. The summed E-state index contributed by atoms with van der Waals surface area (Å²) in [6.45, 7) is 0. The van der Waals surface area contributed by atoms with Gasteiger partial charge in [-0.25, -0.2) is 4.98 Å². The molecule has 3 rings (SSSR count). The zero-order valence-corrected chi connectivity index (χ0v) is 11.7. The first-order valence-electron chi connectivity index (χ1n) is 6.35. The Morgan fingerprint density at radius 3 is 2.35 bits per heavy atom. The molecule has 0 spiro atoms. The highest BCUT2D eigenvalue weighted by molar-refractivity contribution is 7.80. The third-order valence-corrected chi connectivity index (χ3v) is 3.53. The smallest absolute Gasteiger partial charge is 0.124 e. The van der Waals surface area contributed by atoms with Crippen LogP contribution in [0.1, 0.15) is 0 Å². The standard InChI is InChI=1S/C17H14N2S/c18-17-10-4-8-15(19-17)13-6-3-5-12(11-13)14-7-1-2-9-16(14)20/h1-11,20H,(H2,18,19). The van der Waals surface area contributed by atoms with Crippen molar-refractivity contribution in [3.63, 3.8) is 0 Å². The predicted octanol–water partition coefficient (Wildman–Crippen LogP) is 4.29. The normalized spacial score (nSPS) is 10.4. The van der Waals surface area contributed by atoms with Crippen LogP contribution in [-0.2, 0) is 0 Å². The Hall–Kier alpha value is -2.26. The molecule has 0 unspecified atom stereocenters. The molecule has 2 aromatic carbocycles. The van der Waals surface area contributed by atoms with Crippen molar-refractivity contribution in [3.05, 3.63) is 66.7 Å². The summed E-state index contributed by atoms with van der Waals surface area (Å²) in [6.07, 6.45) is 0. The third kappa shape index (κ3) is 2.53. The van der Waals surface area contributed by atoms with E-state index >= 15 is 0 Å². The van der Waals surface area contributed by atoms with Crippen LogP contribution in [0.5, 0.6) is 0 Å². The van der Waals surface area contributed by atoms with E-state index < -0.39 is 0 Å². The van der Waals surface area contributed by atoms with Crippen molar-refractivity contribution in [2.75, 3.05) is 5.73 Å². The topological polar surface area (TPSA) is 38.9 Å². The largest absolute Gasteiger partial charge is 0.384 e. The lowest BCUT2D eigenvalue weighted by molar-refractivity contribution is 1.33. The fourth-order valence-corrected chi connectivity index (χ4v) is 2.47. The summed E-state index contributed by atoms with van der Waals surface area (Å²) < 4.78 is 0. The maximum absolute atomic E-state index is 5.75. The van der Waals surface area contributed by atoms with Gasteiger partial charge >= 0.3 is 0 Å². The van der Waals surface area contributed by atoms with Crippen molar-refractivity contribution in [1.82, 2.24) is 4.98 Å². The molecule has 1 heterocycles. The number of hydrogen-bond acceptors (Lipinski definition) is 3. The quantitative estimate of drug-likeness (QED) is 0.686. The first-order chi connectivity index (χ1) is 9.74. The molecule has 20 heavy (non-hydrogen) atoms. The Bertz CT molecular complexity index is 753. The van der Waals surface area contributed by atoms with E-state index in [0.717, 1.165) is 27.3 Å². The minimum Gasteiger partial charge on any atom is -0.384 e. The summed E-state index contributed by atoms with van der Waals surface area (Å²) in [7, 11) is 0. The molecule has 98 valence electrons. The molecule has 0 radical (unpaired) electrons. The van der Waals surface area contributed by atoms with E-state index in [1.165, 1.54) is 0 Å². The van der Waals surface area contributed by atoms with Gasteiger partial charge in [0.15, 0.2) is 0 Å². The average Bonchev–Trinajstić information content (AvgIpc) is 2.48. The molecule has 0 atom stereocenters. The fraction of sp³-hybridized carbons (Fsp3) is 0. The van der Waals surface area contributed by atoms with Crippen molar-refractivity contribution < 1.29 is 0 Å². The van der Waals surface area contributed by atoms with Crippen LogP contribution in [0.25, 0.3) is 22.4 Å². The molecule has 0 saturated heterocycles. The van der Waals surface area contributed by atoms with Crippen LogP contribution < -0.4 is 5.73 Å². The average molecular weight is 278 g/mol. The fourth-order valence-electron chi connectivity index (χ4n) is 2.18. The van der Waals surface area contributed by atoms with E-state index in [9.17, 15) is 0 Å². The van der Waals surface area contributed by atoms with Crippen LogP contribution in [0.4, 0.5) is 5.82 Å². The highest BCUT2D eigenvalue weighted by Crippen LogP contribution is 2.29. The number of rotatable bonds is 2. The summed E-state index contributed by atoms with van der Waals surface area (Å²) >= 11 is 4.51. The number of nitrogens with two attached hydrogens (primary N) is 1. The zero-order valence-electron chi connectivity index (χ0n) is 10.8. The monoisotopic (exact) mass is 278 g/mol. The third-order valence-electron chi connectivity index (χ3n) is 3.14. The van der Waals surface area contributed by atoms with Crippen molar-refractivity contribution >= 4 is 18.4 Å². The molecule has 0 saturated carbocycles. The van der Waals surface area contributed by atoms with E-state index in [1.54, 1.807) is 6.07 Å². The maximum Gasteiger partial charge on any atom is 0.124 e. The highest BCUT2D eigenvalue weighted by atomic mass is 32.1. The number of anilines is 1. The Morgan fingerprint density at radius 1 is 0.800 bits per heavy atom. The number of pyridine rings is 1. The minimum atomic E-state index is 0.530. The van der Waals surface area contributed by atoms with Crippen LogP contribution in [0.15, 0.2) is 71.6 Å². The second-order valence-corrected chi connectivity index (χ2v) is 5.03. The van der Waals surface area contributed by atoms with Crippen molar-refractivity contribution in [1.29, 1.82) is 0 Å². The lowest BCUT2D eigenvalue weighted by Gasteiger charge is -2.08. The van der Waals surface area contributed by atoms with Gasteiger partial charge < -0.3 is 5.73 Å². The van der Waals surface area contributed by atoms with E-state index in [-0.39, 0.29) is 0 Å². The van der Waals surface area contributed by atoms with Gasteiger partial charge in [-0.3, -0.25) is 0 Å². The molecule has 3 heteroatoms. The number of benzene rings is 2. The zero-order chi connectivity index (χ0) is 13.9. The number of nitrogen functional groups attached to an aromatic ring is 1. The Labute approximate surface area is 123 Å². The lowest BCUT2D eigenvalue weighted by Crippen LogP contribution is -1.91. The van der Waals surface area contributed by atoms with Gasteiger partial charge in [-0.1, -0.05) is 42.5 Å². The molecule has 1 aromatic heterocycles. The Kier molecular flexibility index (Phi) is 3.44. The molecule has 0 fully saturated rings. The van der Waals surface area contributed by atoms with E-state index in [2.05, 4.69) is 35.8 Å². The molecule has 2 nitrogen and oxygen atoms in total. The van der Waals surface area contributed by atoms with Gasteiger partial charge in [0.2, 0.25) is 0 Å². The highest BCUT2D eigenvalue weighted by Gasteiger charge is 2.05. The SMILES string of the molecule is Nc1cccc(-c2cccc(-c3ccccc3S)c2)n1. The van der Waals surface area contributed by atoms with Gasteiger partial charge in [0.1, 0.15) is 5.82 Å². The second-order valence-electron chi connectivity index (χ2n) is 4.55. The van der Waals surface area contributed by atoms with Gasteiger partial charge in [0.05, 0.1) is 5.69 Å². The molecule has 3 aromatic rings. The molecular weight excluding hydrogens is 264 g/mol. The van der Waals surface area contributed by atoms with Crippen LogP contribution >= 0.6 is 12.6 Å². The van der Waals surface area contributed by atoms with Crippen LogP contribution in [0.2, 0.25) is 0 Å². The molecule has 0 amide bonds. The number of thiol groups is 1. The van der Waals surface area contributed by atoms with Crippen molar-refractivity contribution in [2.24, 2.45) is 0 Å². The minimum absolute atomic E-state index is 0.530. The summed E-state index contributed by atoms with van der Waals surface area (Å²) in [6, 6.07) is 22.0. The molecule has 0 aliphatic rings. The molecule has 0 bridgehead atoms. The van der Waals surface area contributed by atoms with Crippen LogP contribution in [-0.4, -0.2) is 4.98 Å². The first kappa shape index (κ1) is 12.8. The molecule has 0 aliphatic carbocycles. The van der Waals surface area contributed by atoms with Gasteiger partial charge in [0, 0.05) is 10.5 Å².